The average molecular weight is 344 g/mol. The summed E-state index contributed by atoms with van der Waals surface area (Å²) in [7, 11) is 0. The van der Waals surface area contributed by atoms with Gasteiger partial charge in [0.2, 0.25) is 0 Å². The number of nitro benzene ring substituents is 2. The van der Waals surface area contributed by atoms with Crippen LogP contribution < -0.4 is 10.4 Å². The van der Waals surface area contributed by atoms with Crippen molar-refractivity contribution >= 4 is 28.9 Å². The van der Waals surface area contributed by atoms with E-state index in [2.05, 4.69) is 5.32 Å². The van der Waals surface area contributed by atoms with Crippen LogP contribution in [0, 0.1) is 27.2 Å². The van der Waals surface area contributed by atoms with E-state index in [1.165, 1.54) is 31.2 Å². The number of nitrogens with zero attached hydrogens (tertiary/aromatic N) is 2. The minimum Gasteiger partial charge on any atom is -0.545 e. The van der Waals surface area contributed by atoms with E-state index in [-0.39, 0.29) is 22.4 Å². The van der Waals surface area contributed by atoms with Crippen molar-refractivity contribution in [1.29, 1.82) is 0 Å². The van der Waals surface area contributed by atoms with Gasteiger partial charge in [0.1, 0.15) is 0 Å². The lowest BCUT2D eigenvalue weighted by Gasteiger charge is -2.09. The van der Waals surface area contributed by atoms with E-state index < -0.39 is 33.1 Å². The molecule has 0 aliphatic rings. The number of hydrogen-bond acceptors (Lipinski definition) is 7. The van der Waals surface area contributed by atoms with Crippen LogP contribution in [0.15, 0.2) is 36.4 Å². The molecule has 0 heterocycles. The number of carbonyl (C=O) groups is 2. The number of carboxylic acid groups (broad SMARTS) is 1. The van der Waals surface area contributed by atoms with Gasteiger partial charge in [-0.1, -0.05) is 12.1 Å². The van der Waals surface area contributed by atoms with Crippen LogP contribution in [0.3, 0.4) is 0 Å². The highest BCUT2D eigenvalue weighted by Crippen LogP contribution is 2.28. The maximum Gasteiger partial charge on any atom is 0.279 e. The van der Waals surface area contributed by atoms with E-state index in [1.807, 2.05) is 0 Å². The van der Waals surface area contributed by atoms with Crippen LogP contribution in [0.5, 0.6) is 0 Å². The zero-order valence-electron chi connectivity index (χ0n) is 12.7. The molecular weight excluding hydrogens is 334 g/mol. The lowest BCUT2D eigenvalue weighted by Crippen LogP contribution is -2.22. The molecule has 0 spiro atoms. The van der Waals surface area contributed by atoms with Gasteiger partial charge in [0, 0.05) is 17.3 Å². The largest absolute Gasteiger partial charge is 0.545 e. The number of hydrogen-bond donors (Lipinski definition) is 1. The molecule has 128 valence electrons. The van der Waals surface area contributed by atoms with Crippen molar-refractivity contribution in [1.82, 2.24) is 0 Å². The Labute approximate surface area is 140 Å². The fourth-order valence-corrected chi connectivity index (χ4v) is 2.10. The van der Waals surface area contributed by atoms with Gasteiger partial charge in [-0.15, -0.1) is 0 Å². The highest BCUT2D eigenvalue weighted by molar-refractivity contribution is 6.06. The van der Waals surface area contributed by atoms with Gasteiger partial charge < -0.3 is 15.2 Å². The molecule has 0 aromatic heterocycles. The number of anilines is 1. The lowest BCUT2D eigenvalue weighted by molar-refractivity contribution is -0.394. The summed E-state index contributed by atoms with van der Waals surface area (Å²) < 4.78 is 0. The smallest absolute Gasteiger partial charge is 0.279 e. The maximum atomic E-state index is 12.3. The first kappa shape index (κ1) is 17.5. The van der Waals surface area contributed by atoms with Crippen LogP contribution >= 0.6 is 0 Å². The predicted molar refractivity (Wildman–Crippen MR) is 83.2 cm³/mol. The van der Waals surface area contributed by atoms with Crippen molar-refractivity contribution in [3.05, 3.63) is 73.3 Å². The number of rotatable bonds is 5. The topological polar surface area (TPSA) is 156 Å². The summed E-state index contributed by atoms with van der Waals surface area (Å²) in [6, 6.07) is 6.71. The highest BCUT2D eigenvalue weighted by Gasteiger charge is 2.24. The summed E-state index contributed by atoms with van der Waals surface area (Å²) in [5, 5.41) is 35.0. The van der Waals surface area contributed by atoms with Crippen molar-refractivity contribution in [2.45, 2.75) is 6.92 Å². The second-order valence-corrected chi connectivity index (χ2v) is 4.97. The lowest BCUT2D eigenvalue weighted by atomic mass is 10.0. The Morgan fingerprint density at radius 1 is 1.00 bits per heavy atom. The van der Waals surface area contributed by atoms with Crippen LogP contribution in [0.4, 0.5) is 17.1 Å². The van der Waals surface area contributed by atoms with Gasteiger partial charge in [-0.25, -0.2) is 0 Å². The van der Waals surface area contributed by atoms with Gasteiger partial charge in [0.25, 0.3) is 17.3 Å². The summed E-state index contributed by atoms with van der Waals surface area (Å²) >= 11 is 0. The summed E-state index contributed by atoms with van der Waals surface area (Å²) in [5.41, 5.74) is -1.28. The Hall–Kier alpha value is -3.82. The van der Waals surface area contributed by atoms with Crippen molar-refractivity contribution in [3.63, 3.8) is 0 Å². The molecule has 0 unspecified atom stereocenters. The van der Waals surface area contributed by atoms with Gasteiger partial charge in [-0.05, 0) is 24.6 Å². The highest BCUT2D eigenvalue weighted by atomic mass is 16.6. The molecular formula is C15H10N3O7-. The quantitative estimate of drug-likeness (QED) is 0.635. The van der Waals surface area contributed by atoms with E-state index in [0.29, 0.717) is 0 Å². The molecule has 25 heavy (non-hydrogen) atoms. The first-order chi connectivity index (χ1) is 11.7. The molecule has 0 atom stereocenters. The van der Waals surface area contributed by atoms with Gasteiger partial charge in [-0.3, -0.25) is 25.0 Å². The third kappa shape index (κ3) is 3.75. The number of nitro groups is 2. The number of non-ortho nitro benzene ring substituents is 1. The molecule has 0 aliphatic heterocycles. The molecule has 2 aromatic rings. The van der Waals surface area contributed by atoms with Gasteiger partial charge in [0.05, 0.1) is 27.4 Å². The minimum absolute atomic E-state index is 0.0283. The van der Waals surface area contributed by atoms with Crippen LogP contribution in [-0.4, -0.2) is 21.7 Å². The molecule has 1 amide bonds. The maximum absolute atomic E-state index is 12.3. The standard InChI is InChI=1S/C15H11N3O7/c1-8-12(6-11(17(22)23)7-13(8)18(24)25)14(19)16-10-4-2-9(3-5-10)15(20)21/h2-7H,1H3,(H,16,19)(H,20,21)/p-1. The normalized spacial score (nSPS) is 10.1. The summed E-state index contributed by atoms with van der Waals surface area (Å²) in [4.78, 5) is 43.3. The zero-order chi connectivity index (χ0) is 18.7. The van der Waals surface area contributed by atoms with Crippen molar-refractivity contribution in [2.24, 2.45) is 0 Å². The van der Waals surface area contributed by atoms with Gasteiger partial charge in [0.15, 0.2) is 0 Å². The molecule has 0 saturated carbocycles. The van der Waals surface area contributed by atoms with Gasteiger partial charge in [-0.2, -0.15) is 0 Å². The number of amides is 1. The Morgan fingerprint density at radius 2 is 1.60 bits per heavy atom. The summed E-state index contributed by atoms with van der Waals surface area (Å²) in [6.45, 7) is 1.30. The van der Waals surface area contributed by atoms with Crippen LogP contribution in [0.25, 0.3) is 0 Å². The summed E-state index contributed by atoms with van der Waals surface area (Å²) in [5.74, 6) is -2.19. The monoisotopic (exact) mass is 344 g/mol. The molecule has 2 aromatic carbocycles. The van der Waals surface area contributed by atoms with E-state index >= 15 is 0 Å². The molecule has 1 N–H and O–H groups in total. The van der Waals surface area contributed by atoms with Crippen LogP contribution in [0.1, 0.15) is 26.3 Å². The van der Waals surface area contributed by atoms with Crippen molar-refractivity contribution < 1.29 is 24.5 Å². The molecule has 0 bridgehead atoms. The van der Waals surface area contributed by atoms with Crippen molar-refractivity contribution in [2.75, 3.05) is 5.32 Å². The van der Waals surface area contributed by atoms with E-state index in [1.54, 1.807) is 0 Å². The van der Waals surface area contributed by atoms with Crippen LogP contribution in [0.2, 0.25) is 0 Å². The molecule has 2 rings (SSSR count). The summed E-state index contributed by atoms with van der Waals surface area (Å²) in [6.07, 6.45) is 0. The molecule has 0 fully saturated rings. The minimum atomic E-state index is -1.39. The first-order valence-electron chi connectivity index (χ1n) is 6.77. The number of carboxylic acids is 1. The average Bonchev–Trinajstić information content (AvgIpc) is 2.54. The number of aromatic carboxylic acids is 1. The third-order valence-electron chi connectivity index (χ3n) is 3.40. The molecule has 0 aliphatic carbocycles. The Balaban J connectivity index is 2.39. The predicted octanol–water partition coefficient (Wildman–Crippen LogP) is 1.43. The first-order valence-corrected chi connectivity index (χ1v) is 6.77. The SMILES string of the molecule is Cc1c(C(=O)Nc2ccc(C(=O)[O-])cc2)cc([N+](=O)[O-])cc1[N+](=O)[O-]. The van der Waals surface area contributed by atoms with E-state index in [4.69, 9.17) is 0 Å². The number of carbonyl (C=O) groups excluding carboxylic acids is 2. The second kappa shape index (κ2) is 6.74. The fraction of sp³-hybridized carbons (Fsp3) is 0.0667. The molecule has 0 radical (unpaired) electrons. The Morgan fingerprint density at radius 3 is 2.08 bits per heavy atom. The Kier molecular flexibility index (Phi) is 4.73. The molecule has 10 heteroatoms. The number of nitrogens with one attached hydrogen (secondary N) is 1. The Bertz CT molecular complexity index is 891. The van der Waals surface area contributed by atoms with Gasteiger partial charge >= 0.3 is 0 Å². The zero-order valence-corrected chi connectivity index (χ0v) is 12.7. The molecule has 0 saturated heterocycles. The van der Waals surface area contributed by atoms with E-state index in [9.17, 15) is 34.9 Å². The van der Waals surface area contributed by atoms with Crippen molar-refractivity contribution in [3.8, 4) is 0 Å². The molecule has 10 nitrogen and oxygen atoms in total. The second-order valence-electron chi connectivity index (χ2n) is 4.97. The fourth-order valence-electron chi connectivity index (χ4n) is 2.10. The number of benzene rings is 2. The van der Waals surface area contributed by atoms with E-state index in [0.717, 1.165) is 12.1 Å². The third-order valence-corrected chi connectivity index (χ3v) is 3.40. The van der Waals surface area contributed by atoms with Crippen LogP contribution in [-0.2, 0) is 0 Å².